The Bertz CT molecular complexity index is 647. The number of carboxylic acids is 1. The molecule has 0 spiro atoms. The maximum atomic E-state index is 12.4. The summed E-state index contributed by atoms with van der Waals surface area (Å²) in [6, 6.07) is 4.30. The number of hydrogen-bond donors (Lipinski definition) is 2. The molecule has 2 N–H and O–H groups in total. The minimum Gasteiger partial charge on any atom is -0.480 e. The van der Waals surface area contributed by atoms with Gasteiger partial charge in [0.25, 0.3) is 5.91 Å². The van der Waals surface area contributed by atoms with Gasteiger partial charge in [-0.25, -0.2) is 4.79 Å². The lowest BCUT2D eigenvalue weighted by Gasteiger charge is -2.32. The van der Waals surface area contributed by atoms with Crippen LogP contribution < -0.4 is 0 Å². The Labute approximate surface area is 120 Å². The van der Waals surface area contributed by atoms with Crippen molar-refractivity contribution in [2.45, 2.75) is 25.3 Å². The van der Waals surface area contributed by atoms with E-state index in [0.717, 1.165) is 12.8 Å². The maximum absolute atomic E-state index is 12.4. The van der Waals surface area contributed by atoms with Gasteiger partial charge in [-0.15, -0.1) is 0 Å². The van der Waals surface area contributed by atoms with Gasteiger partial charge in [-0.1, -0.05) is 0 Å². The van der Waals surface area contributed by atoms with Gasteiger partial charge in [0.2, 0.25) is 0 Å². The third-order valence-corrected chi connectivity index (χ3v) is 3.63. The fourth-order valence-electron chi connectivity index (χ4n) is 2.57. The first-order valence-electron chi connectivity index (χ1n) is 6.80. The molecule has 1 aliphatic rings. The summed E-state index contributed by atoms with van der Waals surface area (Å²) in [6.07, 6.45) is 3.64. The summed E-state index contributed by atoms with van der Waals surface area (Å²) in [5, 5.41) is 15.9. The summed E-state index contributed by atoms with van der Waals surface area (Å²) in [6.45, 7) is 0.443. The van der Waals surface area contributed by atoms with Crippen LogP contribution in [-0.2, 0) is 4.79 Å². The molecule has 1 aliphatic heterocycles. The van der Waals surface area contributed by atoms with Gasteiger partial charge in [0.1, 0.15) is 11.7 Å². The number of hydrogen-bond acceptors (Lipinski definition) is 4. The van der Waals surface area contributed by atoms with Crippen molar-refractivity contribution < 1.29 is 19.1 Å². The van der Waals surface area contributed by atoms with E-state index in [-0.39, 0.29) is 11.6 Å². The van der Waals surface area contributed by atoms with E-state index in [1.807, 2.05) is 0 Å². The molecule has 1 saturated heterocycles. The highest BCUT2D eigenvalue weighted by atomic mass is 16.4. The van der Waals surface area contributed by atoms with E-state index in [9.17, 15) is 14.7 Å². The zero-order chi connectivity index (χ0) is 14.8. The molecule has 0 saturated carbocycles. The first-order chi connectivity index (χ1) is 10.2. The largest absolute Gasteiger partial charge is 0.480 e. The zero-order valence-corrected chi connectivity index (χ0v) is 11.3. The molecule has 2 aromatic heterocycles. The minimum atomic E-state index is -0.968. The lowest BCUT2D eigenvalue weighted by Crippen LogP contribution is -2.48. The number of carboxylic acid groups (broad SMARTS) is 1. The van der Waals surface area contributed by atoms with Crippen LogP contribution in [0.4, 0.5) is 0 Å². The standard InChI is InChI=1S/C14H15N3O4/c18-13(17-6-2-1-4-11(17)14(19)20)10-8-9(15-16-10)12-5-3-7-21-12/h3,5,7-8,11H,1-2,4,6H2,(H,15,16)(H,19,20)/t11-/m1/s1. The van der Waals surface area contributed by atoms with Gasteiger partial charge in [0, 0.05) is 12.6 Å². The molecular weight excluding hydrogens is 274 g/mol. The monoisotopic (exact) mass is 289 g/mol. The normalized spacial score (nSPS) is 18.7. The van der Waals surface area contributed by atoms with Crippen LogP contribution in [0.3, 0.4) is 0 Å². The Kier molecular flexibility index (Phi) is 3.47. The second-order valence-corrected chi connectivity index (χ2v) is 4.99. The van der Waals surface area contributed by atoms with Gasteiger partial charge in [0.05, 0.1) is 6.26 Å². The second kappa shape index (κ2) is 5.43. The van der Waals surface area contributed by atoms with Crippen molar-refractivity contribution in [2.75, 3.05) is 6.54 Å². The van der Waals surface area contributed by atoms with Crippen LogP contribution >= 0.6 is 0 Å². The predicted molar refractivity (Wildman–Crippen MR) is 72.6 cm³/mol. The Morgan fingerprint density at radius 2 is 2.29 bits per heavy atom. The van der Waals surface area contributed by atoms with E-state index in [1.54, 1.807) is 18.2 Å². The Hall–Kier alpha value is -2.57. The number of rotatable bonds is 3. The number of aromatic nitrogens is 2. The molecule has 0 bridgehead atoms. The molecular formula is C14H15N3O4. The summed E-state index contributed by atoms with van der Waals surface area (Å²) in [4.78, 5) is 25.1. The van der Waals surface area contributed by atoms with Crippen LogP contribution in [-0.4, -0.2) is 44.7 Å². The average molecular weight is 289 g/mol. The summed E-state index contributed by atoms with van der Waals surface area (Å²) >= 11 is 0. The Morgan fingerprint density at radius 1 is 1.43 bits per heavy atom. The van der Waals surface area contributed by atoms with Crippen molar-refractivity contribution in [2.24, 2.45) is 0 Å². The number of likely N-dealkylation sites (tertiary alicyclic amines) is 1. The topological polar surface area (TPSA) is 99.4 Å². The highest BCUT2D eigenvalue weighted by Crippen LogP contribution is 2.22. The molecule has 0 aliphatic carbocycles. The molecule has 1 atom stereocenters. The van der Waals surface area contributed by atoms with Gasteiger partial charge in [-0.3, -0.25) is 9.89 Å². The van der Waals surface area contributed by atoms with Crippen LogP contribution in [0.25, 0.3) is 11.5 Å². The van der Waals surface area contributed by atoms with Crippen molar-refractivity contribution in [3.05, 3.63) is 30.2 Å². The number of amides is 1. The van der Waals surface area contributed by atoms with Crippen molar-refractivity contribution in [1.82, 2.24) is 15.1 Å². The number of nitrogens with one attached hydrogen (secondary N) is 1. The van der Waals surface area contributed by atoms with E-state index >= 15 is 0 Å². The lowest BCUT2D eigenvalue weighted by atomic mass is 10.0. The van der Waals surface area contributed by atoms with Crippen LogP contribution in [0.1, 0.15) is 29.8 Å². The van der Waals surface area contributed by atoms with Crippen LogP contribution in [0.15, 0.2) is 28.9 Å². The highest BCUT2D eigenvalue weighted by Gasteiger charge is 2.33. The Morgan fingerprint density at radius 3 is 3.00 bits per heavy atom. The van der Waals surface area contributed by atoms with Crippen molar-refractivity contribution in [3.63, 3.8) is 0 Å². The quantitative estimate of drug-likeness (QED) is 0.896. The molecule has 7 nitrogen and oxygen atoms in total. The van der Waals surface area contributed by atoms with E-state index in [1.165, 1.54) is 11.2 Å². The van der Waals surface area contributed by atoms with Crippen molar-refractivity contribution in [1.29, 1.82) is 0 Å². The Balaban J connectivity index is 1.83. The SMILES string of the molecule is O=C(O)[C@H]1CCCCN1C(=O)c1cc(-c2ccco2)[nH]n1. The molecule has 3 heterocycles. The molecule has 0 aromatic carbocycles. The molecule has 2 aromatic rings. The molecule has 0 radical (unpaired) electrons. The third-order valence-electron chi connectivity index (χ3n) is 3.63. The number of aliphatic carboxylic acids is 1. The van der Waals surface area contributed by atoms with E-state index in [4.69, 9.17) is 4.42 Å². The van der Waals surface area contributed by atoms with Gasteiger partial charge in [0.15, 0.2) is 11.5 Å². The third kappa shape index (κ3) is 2.54. The number of furan rings is 1. The molecule has 1 fully saturated rings. The molecule has 7 heteroatoms. The van der Waals surface area contributed by atoms with Crippen molar-refractivity contribution in [3.8, 4) is 11.5 Å². The lowest BCUT2D eigenvalue weighted by molar-refractivity contribution is -0.143. The molecule has 1 amide bonds. The average Bonchev–Trinajstić information content (AvgIpc) is 3.17. The number of aromatic amines is 1. The van der Waals surface area contributed by atoms with Crippen LogP contribution in [0.5, 0.6) is 0 Å². The summed E-state index contributed by atoms with van der Waals surface area (Å²) in [5.41, 5.74) is 0.793. The van der Waals surface area contributed by atoms with Gasteiger partial charge in [-0.05, 0) is 31.4 Å². The number of piperidine rings is 1. The first-order valence-corrected chi connectivity index (χ1v) is 6.80. The number of H-pyrrole nitrogens is 1. The smallest absolute Gasteiger partial charge is 0.326 e. The number of carbonyl (C=O) groups excluding carboxylic acids is 1. The fraction of sp³-hybridized carbons (Fsp3) is 0.357. The van der Waals surface area contributed by atoms with Crippen LogP contribution in [0, 0.1) is 0 Å². The number of nitrogens with zero attached hydrogens (tertiary/aromatic N) is 2. The predicted octanol–water partition coefficient (Wildman–Crippen LogP) is 1.75. The molecule has 3 rings (SSSR count). The van der Waals surface area contributed by atoms with Gasteiger partial charge < -0.3 is 14.4 Å². The molecule has 110 valence electrons. The number of carbonyl (C=O) groups is 2. The summed E-state index contributed by atoms with van der Waals surface area (Å²) in [5.74, 6) is -0.754. The summed E-state index contributed by atoms with van der Waals surface area (Å²) < 4.78 is 5.23. The minimum absolute atomic E-state index is 0.203. The van der Waals surface area contributed by atoms with E-state index in [2.05, 4.69) is 10.2 Å². The second-order valence-electron chi connectivity index (χ2n) is 4.99. The maximum Gasteiger partial charge on any atom is 0.326 e. The van der Waals surface area contributed by atoms with Gasteiger partial charge >= 0.3 is 5.97 Å². The molecule has 0 unspecified atom stereocenters. The van der Waals surface area contributed by atoms with E-state index in [0.29, 0.717) is 24.4 Å². The fourth-order valence-corrected chi connectivity index (χ4v) is 2.57. The van der Waals surface area contributed by atoms with E-state index < -0.39 is 12.0 Å². The van der Waals surface area contributed by atoms with Crippen molar-refractivity contribution >= 4 is 11.9 Å². The first kappa shape index (κ1) is 13.4. The summed E-state index contributed by atoms with van der Waals surface area (Å²) in [7, 11) is 0. The highest BCUT2D eigenvalue weighted by molar-refractivity contribution is 5.95. The van der Waals surface area contributed by atoms with Crippen LogP contribution in [0.2, 0.25) is 0 Å². The van der Waals surface area contributed by atoms with Gasteiger partial charge in [-0.2, -0.15) is 5.10 Å². The zero-order valence-electron chi connectivity index (χ0n) is 11.3. The molecule has 21 heavy (non-hydrogen) atoms.